The summed E-state index contributed by atoms with van der Waals surface area (Å²) in [4.78, 5) is 80.6. The summed E-state index contributed by atoms with van der Waals surface area (Å²) in [6.07, 6.45) is 6.08. The summed E-state index contributed by atoms with van der Waals surface area (Å²) in [6.45, 7) is 19.2. The molecule has 0 radical (unpaired) electrons. The van der Waals surface area contributed by atoms with E-state index in [1.807, 2.05) is 59.9 Å². The minimum Gasteiger partial charge on any atom is -0.479 e. The van der Waals surface area contributed by atoms with Gasteiger partial charge >= 0.3 is 23.8 Å². The number of rotatable bonds is 25. The number of halogens is 9. The molecule has 12 heterocycles. The van der Waals surface area contributed by atoms with Gasteiger partial charge in [0.25, 0.3) is 0 Å². The highest BCUT2D eigenvalue weighted by molar-refractivity contribution is 6.36. The van der Waals surface area contributed by atoms with Gasteiger partial charge in [-0.15, -0.1) is 0 Å². The molecule has 0 spiro atoms. The Morgan fingerprint density at radius 3 is 1.31 bits per heavy atom. The van der Waals surface area contributed by atoms with E-state index in [4.69, 9.17) is 115 Å². The van der Waals surface area contributed by atoms with Crippen molar-refractivity contribution in [3.8, 4) is 0 Å². The van der Waals surface area contributed by atoms with E-state index < -0.39 is 60.7 Å². The SMILES string of the molecule is Cc1nn(C(C)c2ccc(Cl)cc2Cl)c2nc(N3CCC(N4CC(CC(c5ccc(Cl)cc5Cl)n5nc(C)c6ncc(N7CCC(N8CC(CC(c9ccc(Cl)cc9Cl)n9nc(C)c%10ncc(N%11CCC(N%12CCCC%12CC(F)C(=O)O)C(C)C%11)nc%109)CC8CC(F)(F)C(=O)O)C(C)C7)nc65)CC4CC(O)C(=O)O)C(C)C3)cnc12. The van der Waals surface area contributed by atoms with Crippen LogP contribution in [0.4, 0.5) is 30.6 Å². The number of hydrogen-bond donors (Lipinski definition) is 4. The molecule has 15 rings (SSSR count). The largest absolute Gasteiger partial charge is 0.479 e. The fourth-order valence-electron chi connectivity index (χ4n) is 20.0. The summed E-state index contributed by atoms with van der Waals surface area (Å²) in [7, 11) is 0. The maximum Gasteiger partial charge on any atom is 0.374 e. The van der Waals surface area contributed by atoms with Crippen molar-refractivity contribution in [2.75, 3.05) is 73.6 Å². The molecule has 0 saturated carbocycles. The van der Waals surface area contributed by atoms with Crippen LogP contribution in [0.5, 0.6) is 0 Å². The maximum absolute atomic E-state index is 15.9. The maximum atomic E-state index is 15.9. The predicted molar refractivity (Wildman–Crippen MR) is 438 cm³/mol. The number of aliphatic hydroxyl groups is 1. The number of fused-ring (bicyclic) bond motifs is 3. The number of nitrogens with zero attached hydrogens (tertiary/aromatic N) is 18. The molecule has 6 aliphatic rings. The molecule has 3 aromatic carbocycles. The zero-order chi connectivity index (χ0) is 81.5. The Labute approximate surface area is 694 Å². The molecular weight excluding hydrogens is 1610 g/mol. The zero-order valence-corrected chi connectivity index (χ0v) is 69.5. The van der Waals surface area contributed by atoms with E-state index in [1.165, 1.54) is 0 Å². The van der Waals surface area contributed by atoms with Crippen molar-refractivity contribution in [1.29, 1.82) is 0 Å². The van der Waals surface area contributed by atoms with Gasteiger partial charge in [-0.1, -0.05) is 109 Å². The van der Waals surface area contributed by atoms with Crippen molar-refractivity contribution in [2.24, 2.45) is 29.6 Å². The molecule has 0 bridgehead atoms. The van der Waals surface area contributed by atoms with Crippen molar-refractivity contribution in [1.82, 2.24) is 73.9 Å². The standard InChI is InChI=1S/C81H95Cl6F3N18O7/c1-41-36-100(20-16-63(41)103-19-8-9-53(103)30-62(88)78(110)111)70-34-92-74-46(6)99-108(77(74)95-70)67(58-15-12-52(84)29-61(58)87)26-49-24-55(32-81(89,90)80(114)115)105(40-49)65-18-22-102(38-43(65)3)71-35-93-73-45(5)98-107(76(73)96-71)66(57-14-11-51(83)28-60(57)86)25-48-23-54(31-68(109)79(112)113)104(39-48)64-17-21-101(37-42(64)2)69-33-91-72-44(4)97-106(75(72)94-69)47(7)56-13-10-50(82)27-59(56)85/h10-15,27-29,33-35,41-43,47-49,53-55,62-68,109H,8-9,16-26,30-32,36-40H2,1-7H3,(H,110,111)(H,112,113)(H,114,115). The second kappa shape index (κ2) is 33.7. The molecule has 6 saturated heterocycles. The molecule has 4 N–H and O–H groups in total. The van der Waals surface area contributed by atoms with Crippen molar-refractivity contribution in [3.05, 3.63) is 137 Å². The number of hydrogen-bond acceptors (Lipinski definition) is 19. The third-order valence-corrected chi connectivity index (χ3v) is 27.2. The van der Waals surface area contributed by atoms with Crippen LogP contribution >= 0.6 is 69.6 Å². The molecule has 0 amide bonds. The molecule has 25 nitrogen and oxygen atoms in total. The van der Waals surface area contributed by atoms with Gasteiger partial charge in [0.15, 0.2) is 29.2 Å². The Balaban J connectivity index is 0.670. The Bertz CT molecular complexity index is 5140. The summed E-state index contributed by atoms with van der Waals surface area (Å²) in [5.74, 6) is -7.34. The van der Waals surface area contributed by atoms with Crippen LogP contribution in [0.25, 0.3) is 33.5 Å². The summed E-state index contributed by atoms with van der Waals surface area (Å²) < 4.78 is 52.1. The average Bonchev–Trinajstić information content (AvgIpc) is 1.50. The zero-order valence-electron chi connectivity index (χ0n) is 65.0. The average molecular weight is 1700 g/mol. The third kappa shape index (κ3) is 16.9. The van der Waals surface area contributed by atoms with Gasteiger partial charge in [-0.05, 0) is 181 Å². The first-order valence-corrected chi connectivity index (χ1v) is 42.0. The summed E-state index contributed by atoms with van der Waals surface area (Å²) in [5, 5.41) is 58.6. The van der Waals surface area contributed by atoms with E-state index in [0.29, 0.717) is 182 Å². The van der Waals surface area contributed by atoms with E-state index >= 15 is 8.78 Å². The van der Waals surface area contributed by atoms with Gasteiger partial charge in [-0.3, -0.25) is 14.7 Å². The topological polar surface area (TPSA) is 282 Å². The Morgan fingerprint density at radius 1 is 0.504 bits per heavy atom. The molecule has 614 valence electrons. The minimum absolute atomic E-state index is 0.00624. The number of aliphatic hydroxyl groups excluding tert-OH is 1. The first-order valence-electron chi connectivity index (χ1n) is 39.8. The van der Waals surface area contributed by atoms with E-state index in [2.05, 4.69) is 50.2 Å². The molecular formula is C81H95Cl6F3N18O7. The van der Waals surface area contributed by atoms with Crippen LogP contribution in [0.3, 0.4) is 0 Å². The lowest BCUT2D eigenvalue weighted by atomic mass is 9.90. The number of likely N-dealkylation sites (tertiary alicyclic amines) is 3. The molecule has 6 aromatic heterocycles. The van der Waals surface area contributed by atoms with Crippen LogP contribution in [0.2, 0.25) is 30.1 Å². The second-order valence-electron chi connectivity index (χ2n) is 33.1. The van der Waals surface area contributed by atoms with Gasteiger partial charge in [0.05, 0.1) is 53.8 Å². The number of aromatic nitrogens is 12. The Kier molecular flexibility index (Phi) is 24.2. The predicted octanol–water partition coefficient (Wildman–Crippen LogP) is 15.2. The van der Waals surface area contributed by atoms with Gasteiger partial charge in [-0.2, -0.15) is 24.1 Å². The lowest BCUT2D eigenvalue weighted by molar-refractivity contribution is -0.167. The molecule has 9 aromatic rings. The van der Waals surface area contributed by atoms with Gasteiger partial charge < -0.3 is 35.1 Å². The van der Waals surface area contributed by atoms with Gasteiger partial charge in [0.2, 0.25) is 0 Å². The van der Waals surface area contributed by atoms with Gasteiger partial charge in [0.1, 0.15) is 34.0 Å². The molecule has 6 aliphatic heterocycles. The number of aliphatic carboxylic acids is 3. The third-order valence-electron chi connectivity index (χ3n) is 25.5. The first-order chi connectivity index (χ1) is 54.8. The van der Waals surface area contributed by atoms with Gasteiger partial charge in [-0.25, -0.2) is 62.7 Å². The van der Waals surface area contributed by atoms with Crippen LogP contribution in [-0.2, 0) is 14.4 Å². The monoisotopic (exact) mass is 1700 g/mol. The van der Waals surface area contributed by atoms with E-state index in [0.717, 1.165) is 42.6 Å². The van der Waals surface area contributed by atoms with Crippen molar-refractivity contribution >= 4 is 138 Å². The number of carboxylic acids is 3. The summed E-state index contributed by atoms with van der Waals surface area (Å²) in [5.41, 5.74) is 7.70. The number of aryl methyl sites for hydroxylation is 3. The Hall–Kier alpha value is -7.51. The smallest absolute Gasteiger partial charge is 0.374 e. The number of carbonyl (C=O) groups is 3. The highest BCUT2D eigenvalue weighted by Crippen LogP contribution is 2.47. The lowest BCUT2D eigenvalue weighted by Crippen LogP contribution is -2.53. The number of anilines is 3. The highest BCUT2D eigenvalue weighted by atomic mass is 35.5. The lowest BCUT2D eigenvalue weighted by Gasteiger charge is -2.44. The van der Waals surface area contributed by atoms with E-state index in [1.54, 1.807) is 55.0 Å². The minimum atomic E-state index is -4.03. The first kappa shape index (κ1) is 82.6. The van der Waals surface area contributed by atoms with E-state index in [-0.39, 0.29) is 85.1 Å². The van der Waals surface area contributed by atoms with Crippen molar-refractivity contribution in [3.63, 3.8) is 0 Å². The van der Waals surface area contributed by atoms with E-state index in [9.17, 15) is 39.2 Å². The van der Waals surface area contributed by atoms with Gasteiger partial charge in [0, 0.05) is 132 Å². The summed E-state index contributed by atoms with van der Waals surface area (Å²) in [6, 6.07) is 13.2. The molecule has 34 heteroatoms. The molecule has 16 unspecified atom stereocenters. The van der Waals surface area contributed by atoms with Crippen LogP contribution < -0.4 is 14.7 Å². The van der Waals surface area contributed by atoms with Crippen LogP contribution in [0.15, 0.2) is 73.2 Å². The fraction of sp³-hybridized carbons (Fsp3) is 0.556. The van der Waals surface area contributed by atoms with Crippen LogP contribution in [-0.4, -0.2) is 226 Å². The highest BCUT2D eigenvalue weighted by Gasteiger charge is 2.50. The molecule has 115 heavy (non-hydrogen) atoms. The number of benzene rings is 3. The Morgan fingerprint density at radius 2 is 0.904 bits per heavy atom. The summed E-state index contributed by atoms with van der Waals surface area (Å²) >= 11 is 40.6. The van der Waals surface area contributed by atoms with Crippen LogP contribution in [0.1, 0.15) is 157 Å². The van der Waals surface area contributed by atoms with Crippen molar-refractivity contribution < 1.29 is 48.0 Å². The normalized spacial score (nSPS) is 25.5. The van der Waals surface area contributed by atoms with Crippen LogP contribution in [0, 0.1) is 50.4 Å². The second-order valence-corrected chi connectivity index (χ2v) is 35.6. The quantitative estimate of drug-likeness (QED) is 0.0414. The van der Waals surface area contributed by atoms with Crippen molar-refractivity contribution in [2.45, 2.75) is 198 Å². The number of piperidine rings is 3. The number of alkyl halides is 3. The number of carboxylic acid groups (broad SMARTS) is 3. The fourth-order valence-corrected chi connectivity index (χ4v) is 21.6. The molecule has 0 aliphatic carbocycles. The molecule has 16 atom stereocenters. The molecule has 6 fully saturated rings.